The van der Waals surface area contributed by atoms with Gasteiger partial charge in [-0.1, -0.05) is 42.0 Å². The third-order valence-corrected chi connectivity index (χ3v) is 5.83. The van der Waals surface area contributed by atoms with Crippen LogP contribution in [-0.2, 0) is 22.6 Å². The van der Waals surface area contributed by atoms with Crippen molar-refractivity contribution in [3.8, 4) is 5.75 Å². The fourth-order valence-corrected chi connectivity index (χ4v) is 3.88. The number of hydrogen-bond acceptors (Lipinski definition) is 4. The van der Waals surface area contributed by atoms with Gasteiger partial charge in [-0.2, -0.15) is 0 Å². The van der Waals surface area contributed by atoms with E-state index in [9.17, 15) is 9.59 Å². The van der Waals surface area contributed by atoms with Crippen LogP contribution in [0.4, 0.5) is 0 Å². The molecule has 3 N–H and O–H groups in total. The topological polar surface area (TPSA) is 84.7 Å². The van der Waals surface area contributed by atoms with Gasteiger partial charge in [0.15, 0.2) is 6.61 Å². The second kappa shape index (κ2) is 11.5. The van der Waals surface area contributed by atoms with E-state index in [0.717, 1.165) is 43.8 Å². The fraction of sp³-hybridized carbons (Fsp3) is 0.440. The predicted octanol–water partition coefficient (Wildman–Crippen LogP) is 2.82. The number of aryl methyl sites for hydroxylation is 2. The fourth-order valence-electron chi connectivity index (χ4n) is 3.88. The van der Waals surface area contributed by atoms with E-state index in [1.54, 1.807) is 12.1 Å². The molecule has 0 radical (unpaired) electrons. The molecular weight excluding hydrogens is 390 g/mol. The van der Waals surface area contributed by atoms with Crippen molar-refractivity contribution >= 4 is 11.8 Å². The molecule has 2 amide bonds. The zero-order valence-corrected chi connectivity index (χ0v) is 18.3. The lowest BCUT2D eigenvalue weighted by Gasteiger charge is -2.31. The smallest absolute Gasteiger partial charge is 0.255 e. The number of primary amides is 1. The molecule has 2 aromatic rings. The first kappa shape index (κ1) is 22.8. The number of benzene rings is 2. The minimum Gasteiger partial charge on any atom is -0.484 e. The summed E-state index contributed by atoms with van der Waals surface area (Å²) >= 11 is 0. The molecule has 0 bridgehead atoms. The summed E-state index contributed by atoms with van der Waals surface area (Å²) in [4.78, 5) is 25.3. The lowest BCUT2D eigenvalue weighted by Crippen LogP contribution is -2.41. The highest BCUT2D eigenvalue weighted by Gasteiger charge is 2.20. The average Bonchev–Trinajstić information content (AvgIpc) is 2.77. The quantitative estimate of drug-likeness (QED) is 0.615. The second-order valence-corrected chi connectivity index (χ2v) is 8.42. The maximum absolute atomic E-state index is 12.3. The van der Waals surface area contributed by atoms with Gasteiger partial charge < -0.3 is 15.8 Å². The minimum atomic E-state index is -0.508. The van der Waals surface area contributed by atoms with Gasteiger partial charge in [0.25, 0.3) is 5.91 Å². The van der Waals surface area contributed by atoms with E-state index >= 15 is 0 Å². The van der Waals surface area contributed by atoms with Crippen LogP contribution in [0.15, 0.2) is 48.5 Å². The molecule has 1 heterocycles. The number of rotatable bonds is 10. The molecule has 166 valence electrons. The zero-order valence-electron chi connectivity index (χ0n) is 18.3. The highest BCUT2D eigenvalue weighted by molar-refractivity contribution is 5.78. The highest BCUT2D eigenvalue weighted by Crippen LogP contribution is 2.22. The number of nitrogens with zero attached hydrogens (tertiary/aromatic N) is 1. The summed E-state index contributed by atoms with van der Waals surface area (Å²) in [6.07, 6.45) is 4.68. The summed E-state index contributed by atoms with van der Waals surface area (Å²) in [5, 5.41) is 2.98. The molecule has 0 spiro atoms. The molecule has 1 saturated heterocycles. The Morgan fingerprint density at radius 1 is 1.03 bits per heavy atom. The molecule has 0 unspecified atom stereocenters. The molecule has 1 aliphatic rings. The van der Waals surface area contributed by atoms with Crippen LogP contribution in [0.5, 0.6) is 5.75 Å². The number of carbonyl (C=O) groups excluding carboxylic acids is 2. The molecule has 31 heavy (non-hydrogen) atoms. The highest BCUT2D eigenvalue weighted by atomic mass is 16.5. The second-order valence-electron chi connectivity index (χ2n) is 8.42. The van der Waals surface area contributed by atoms with Crippen molar-refractivity contribution in [2.75, 3.05) is 26.2 Å². The van der Waals surface area contributed by atoms with Crippen LogP contribution in [0.3, 0.4) is 0 Å². The van der Waals surface area contributed by atoms with Gasteiger partial charge >= 0.3 is 0 Å². The van der Waals surface area contributed by atoms with Crippen molar-refractivity contribution in [1.29, 1.82) is 0 Å². The molecule has 1 fully saturated rings. The van der Waals surface area contributed by atoms with Crippen LogP contribution in [0, 0.1) is 12.8 Å². The third-order valence-electron chi connectivity index (χ3n) is 5.83. The molecule has 0 atom stereocenters. The van der Waals surface area contributed by atoms with Crippen LogP contribution in [-0.4, -0.2) is 43.0 Å². The Morgan fingerprint density at radius 3 is 2.32 bits per heavy atom. The first-order chi connectivity index (χ1) is 15.0. The first-order valence-electron chi connectivity index (χ1n) is 11.0. The monoisotopic (exact) mass is 423 g/mol. The van der Waals surface area contributed by atoms with Gasteiger partial charge in [-0.3, -0.25) is 14.5 Å². The number of amides is 2. The van der Waals surface area contributed by atoms with Crippen molar-refractivity contribution in [2.45, 2.75) is 39.2 Å². The van der Waals surface area contributed by atoms with Gasteiger partial charge in [0.1, 0.15) is 5.75 Å². The SMILES string of the molecule is Cc1ccc(CCC2CCN(CC(=O)NCc3ccc(OCC(N)=O)cc3)CC2)cc1. The molecular formula is C25H33N3O3. The van der Waals surface area contributed by atoms with Crippen molar-refractivity contribution in [3.63, 3.8) is 0 Å². The van der Waals surface area contributed by atoms with Gasteiger partial charge in [0.2, 0.25) is 5.91 Å². The Bertz CT molecular complexity index is 841. The zero-order chi connectivity index (χ0) is 22.1. The Kier molecular flexibility index (Phi) is 8.47. The molecule has 0 aliphatic carbocycles. The molecule has 0 aromatic heterocycles. The molecule has 2 aromatic carbocycles. The van der Waals surface area contributed by atoms with Crippen molar-refractivity contribution in [2.24, 2.45) is 11.7 Å². The third kappa shape index (κ3) is 8.06. The number of hydrogen-bond donors (Lipinski definition) is 2. The lowest BCUT2D eigenvalue weighted by atomic mass is 9.90. The summed E-state index contributed by atoms with van der Waals surface area (Å²) in [5.41, 5.74) is 8.77. The average molecular weight is 424 g/mol. The minimum absolute atomic E-state index is 0.0483. The lowest BCUT2D eigenvalue weighted by molar-refractivity contribution is -0.123. The van der Waals surface area contributed by atoms with Crippen molar-refractivity contribution in [3.05, 3.63) is 65.2 Å². The van der Waals surface area contributed by atoms with Crippen molar-refractivity contribution < 1.29 is 14.3 Å². The molecule has 3 rings (SSSR count). The van der Waals surface area contributed by atoms with Crippen LogP contribution in [0.25, 0.3) is 0 Å². The van der Waals surface area contributed by atoms with Crippen molar-refractivity contribution in [1.82, 2.24) is 10.2 Å². The number of likely N-dealkylation sites (tertiary alicyclic amines) is 1. The van der Waals surface area contributed by atoms with Gasteiger partial charge in [-0.25, -0.2) is 0 Å². The number of piperidine rings is 1. The van der Waals surface area contributed by atoms with Gasteiger partial charge in [0.05, 0.1) is 6.54 Å². The largest absolute Gasteiger partial charge is 0.484 e. The maximum Gasteiger partial charge on any atom is 0.255 e. The Labute approximate surface area is 184 Å². The Hall–Kier alpha value is -2.86. The van der Waals surface area contributed by atoms with E-state index in [2.05, 4.69) is 41.4 Å². The molecule has 6 heteroatoms. The van der Waals surface area contributed by atoms with E-state index in [1.165, 1.54) is 17.5 Å². The van der Waals surface area contributed by atoms with Gasteiger partial charge in [0, 0.05) is 6.54 Å². The summed E-state index contributed by atoms with van der Waals surface area (Å²) < 4.78 is 5.24. The summed E-state index contributed by atoms with van der Waals surface area (Å²) in [7, 11) is 0. The van der Waals surface area contributed by atoms with Crippen LogP contribution < -0.4 is 15.8 Å². The van der Waals surface area contributed by atoms with Gasteiger partial charge in [-0.15, -0.1) is 0 Å². The standard InChI is InChI=1S/C25H33N3O3/c1-19-2-4-20(5-3-19)6-7-21-12-14-28(15-13-21)17-25(30)27-16-22-8-10-23(11-9-22)31-18-24(26)29/h2-5,8-11,21H,6-7,12-18H2,1H3,(H2,26,29)(H,27,30). The van der Waals surface area contributed by atoms with E-state index in [1.807, 2.05) is 12.1 Å². The van der Waals surface area contributed by atoms with E-state index < -0.39 is 5.91 Å². The van der Waals surface area contributed by atoms with E-state index in [0.29, 0.717) is 18.8 Å². The van der Waals surface area contributed by atoms with E-state index in [4.69, 9.17) is 10.5 Å². The summed E-state index contributed by atoms with van der Waals surface area (Å²) in [6.45, 7) is 4.87. The number of nitrogens with two attached hydrogens (primary N) is 1. The summed E-state index contributed by atoms with van der Waals surface area (Å²) in [6, 6.07) is 16.1. The predicted molar refractivity (Wildman–Crippen MR) is 122 cm³/mol. The normalized spacial score (nSPS) is 14.9. The number of carbonyl (C=O) groups is 2. The Morgan fingerprint density at radius 2 is 1.68 bits per heavy atom. The molecule has 1 aliphatic heterocycles. The summed E-state index contributed by atoms with van der Waals surface area (Å²) in [5.74, 6) is 0.869. The van der Waals surface area contributed by atoms with Crippen LogP contribution in [0.2, 0.25) is 0 Å². The van der Waals surface area contributed by atoms with Gasteiger partial charge in [-0.05, 0) is 74.9 Å². The van der Waals surface area contributed by atoms with E-state index in [-0.39, 0.29) is 12.5 Å². The van der Waals surface area contributed by atoms with Crippen LogP contribution in [0.1, 0.15) is 36.0 Å². The molecule has 6 nitrogen and oxygen atoms in total. The van der Waals surface area contributed by atoms with Crippen LogP contribution >= 0.6 is 0 Å². The first-order valence-corrected chi connectivity index (χ1v) is 11.0. The molecule has 0 saturated carbocycles. The Balaban J connectivity index is 1.31. The number of ether oxygens (including phenoxy) is 1. The maximum atomic E-state index is 12.3. The number of nitrogens with one attached hydrogen (secondary N) is 1.